The van der Waals surface area contributed by atoms with E-state index in [1.165, 1.54) is 0 Å². The number of hydrogen-bond acceptors (Lipinski definition) is 2. The maximum absolute atomic E-state index is 11.5. The standard InChI is InChI=1S/C6H7FN2/c7-5-9-6-3-1-2-4-8-6/h1-4H,5H2,(H,8,9). The number of rotatable bonds is 2. The molecule has 0 aromatic carbocycles. The highest BCUT2D eigenvalue weighted by Crippen LogP contribution is 1.97. The summed E-state index contributed by atoms with van der Waals surface area (Å²) >= 11 is 0. The summed E-state index contributed by atoms with van der Waals surface area (Å²) < 4.78 is 11.5. The highest BCUT2D eigenvalue weighted by Gasteiger charge is 1.84. The Morgan fingerprint density at radius 3 is 3.00 bits per heavy atom. The second-order valence-corrected chi connectivity index (χ2v) is 1.53. The fraction of sp³-hybridized carbons (Fsp3) is 0.167. The molecule has 0 saturated carbocycles. The van der Waals surface area contributed by atoms with E-state index < -0.39 is 6.80 Å². The lowest BCUT2D eigenvalue weighted by atomic mass is 10.5. The Morgan fingerprint density at radius 2 is 2.44 bits per heavy atom. The molecule has 0 saturated heterocycles. The van der Waals surface area contributed by atoms with Gasteiger partial charge >= 0.3 is 0 Å². The predicted molar refractivity (Wildman–Crippen MR) is 33.8 cm³/mol. The van der Waals surface area contributed by atoms with Crippen molar-refractivity contribution in [2.75, 3.05) is 12.1 Å². The molecule has 0 bridgehead atoms. The second-order valence-electron chi connectivity index (χ2n) is 1.53. The molecule has 1 aromatic heterocycles. The monoisotopic (exact) mass is 126 g/mol. The van der Waals surface area contributed by atoms with Crippen molar-refractivity contribution in [1.29, 1.82) is 0 Å². The molecule has 0 radical (unpaired) electrons. The number of halogens is 1. The van der Waals surface area contributed by atoms with Crippen LogP contribution in [0.1, 0.15) is 0 Å². The van der Waals surface area contributed by atoms with Crippen LogP contribution in [-0.2, 0) is 0 Å². The van der Waals surface area contributed by atoms with E-state index in [1.807, 2.05) is 0 Å². The molecule has 0 unspecified atom stereocenters. The zero-order chi connectivity index (χ0) is 6.53. The van der Waals surface area contributed by atoms with Crippen molar-refractivity contribution in [3.8, 4) is 0 Å². The van der Waals surface area contributed by atoms with Crippen LogP contribution in [0.25, 0.3) is 0 Å². The molecule has 48 valence electrons. The van der Waals surface area contributed by atoms with Crippen LogP contribution in [0.15, 0.2) is 24.4 Å². The van der Waals surface area contributed by atoms with Crippen molar-refractivity contribution in [1.82, 2.24) is 4.98 Å². The minimum Gasteiger partial charge on any atom is -0.343 e. The molecule has 0 aliphatic heterocycles. The van der Waals surface area contributed by atoms with Gasteiger partial charge in [-0.1, -0.05) is 6.07 Å². The molecule has 9 heavy (non-hydrogen) atoms. The normalized spacial score (nSPS) is 9.00. The van der Waals surface area contributed by atoms with E-state index in [1.54, 1.807) is 24.4 Å². The third kappa shape index (κ3) is 1.68. The molecule has 0 amide bonds. The van der Waals surface area contributed by atoms with Gasteiger partial charge in [0.05, 0.1) is 0 Å². The second kappa shape index (κ2) is 3.02. The SMILES string of the molecule is FCNc1ccccn1. The zero-order valence-corrected chi connectivity index (χ0v) is 4.84. The molecule has 0 aliphatic rings. The summed E-state index contributed by atoms with van der Waals surface area (Å²) in [6.07, 6.45) is 1.61. The van der Waals surface area contributed by atoms with Crippen LogP contribution in [0.2, 0.25) is 0 Å². The first-order valence-electron chi connectivity index (χ1n) is 2.64. The van der Waals surface area contributed by atoms with E-state index >= 15 is 0 Å². The van der Waals surface area contributed by atoms with Crippen LogP contribution in [0, 0.1) is 0 Å². The van der Waals surface area contributed by atoms with Gasteiger partial charge in [0.2, 0.25) is 0 Å². The average molecular weight is 126 g/mol. The van der Waals surface area contributed by atoms with Crippen LogP contribution < -0.4 is 5.32 Å². The van der Waals surface area contributed by atoms with Crippen LogP contribution in [0.3, 0.4) is 0 Å². The maximum Gasteiger partial charge on any atom is 0.160 e. The minimum absolute atomic E-state index is 0.569. The van der Waals surface area contributed by atoms with Crippen LogP contribution in [0.5, 0.6) is 0 Å². The number of pyridine rings is 1. The first-order chi connectivity index (χ1) is 4.43. The molecule has 2 nitrogen and oxygen atoms in total. The Hall–Kier alpha value is -1.12. The van der Waals surface area contributed by atoms with Gasteiger partial charge in [-0.25, -0.2) is 9.37 Å². The molecule has 1 aromatic rings. The van der Waals surface area contributed by atoms with Crippen molar-refractivity contribution in [2.24, 2.45) is 0 Å². The third-order valence-corrected chi connectivity index (χ3v) is 0.913. The number of anilines is 1. The molecular formula is C6H7FN2. The van der Waals surface area contributed by atoms with Gasteiger partial charge in [-0.3, -0.25) is 0 Å². The maximum atomic E-state index is 11.5. The van der Waals surface area contributed by atoms with E-state index in [0.717, 1.165) is 0 Å². The number of nitrogens with one attached hydrogen (secondary N) is 1. The van der Waals surface area contributed by atoms with Crippen LogP contribution in [0.4, 0.5) is 10.2 Å². The molecule has 0 aliphatic carbocycles. The predicted octanol–water partition coefficient (Wildman–Crippen LogP) is 1.42. The van der Waals surface area contributed by atoms with E-state index in [2.05, 4.69) is 10.3 Å². The Kier molecular flexibility index (Phi) is 2.01. The van der Waals surface area contributed by atoms with Crippen LogP contribution >= 0.6 is 0 Å². The first-order valence-corrected chi connectivity index (χ1v) is 2.64. The first kappa shape index (κ1) is 6.01. The highest BCUT2D eigenvalue weighted by molar-refractivity contribution is 5.32. The van der Waals surface area contributed by atoms with E-state index in [-0.39, 0.29) is 0 Å². The van der Waals surface area contributed by atoms with Crippen molar-refractivity contribution in [3.05, 3.63) is 24.4 Å². The fourth-order valence-electron chi connectivity index (χ4n) is 0.536. The van der Waals surface area contributed by atoms with Crippen molar-refractivity contribution >= 4 is 5.82 Å². The van der Waals surface area contributed by atoms with Gasteiger partial charge in [0.25, 0.3) is 0 Å². The molecule has 0 spiro atoms. The Balaban J connectivity index is 2.61. The molecule has 0 fully saturated rings. The van der Waals surface area contributed by atoms with Gasteiger partial charge in [0.1, 0.15) is 5.82 Å². The smallest absolute Gasteiger partial charge is 0.160 e. The van der Waals surface area contributed by atoms with Gasteiger partial charge < -0.3 is 5.32 Å². The molecule has 1 heterocycles. The number of aromatic nitrogens is 1. The summed E-state index contributed by atoms with van der Waals surface area (Å²) in [5, 5.41) is 2.43. The quantitative estimate of drug-likeness (QED) is 0.606. The average Bonchev–Trinajstić information content (AvgIpc) is 1.91. The van der Waals surface area contributed by atoms with E-state index in [0.29, 0.717) is 5.82 Å². The highest BCUT2D eigenvalue weighted by atomic mass is 19.1. The van der Waals surface area contributed by atoms with Gasteiger partial charge in [-0.15, -0.1) is 0 Å². The summed E-state index contributed by atoms with van der Waals surface area (Å²) in [5.74, 6) is 0.569. The Morgan fingerprint density at radius 1 is 1.56 bits per heavy atom. The van der Waals surface area contributed by atoms with Gasteiger partial charge in [-0.2, -0.15) is 0 Å². The Bertz CT molecular complexity index is 164. The lowest BCUT2D eigenvalue weighted by Gasteiger charge is -1.95. The Labute approximate surface area is 52.7 Å². The van der Waals surface area contributed by atoms with Crippen molar-refractivity contribution < 1.29 is 4.39 Å². The zero-order valence-electron chi connectivity index (χ0n) is 4.84. The lowest BCUT2D eigenvalue weighted by molar-refractivity contribution is 0.535. The fourth-order valence-corrected chi connectivity index (χ4v) is 0.536. The summed E-state index contributed by atoms with van der Waals surface area (Å²) in [6.45, 7) is -0.572. The number of alkyl halides is 1. The largest absolute Gasteiger partial charge is 0.343 e. The summed E-state index contributed by atoms with van der Waals surface area (Å²) in [6, 6.07) is 5.29. The summed E-state index contributed by atoms with van der Waals surface area (Å²) in [7, 11) is 0. The summed E-state index contributed by atoms with van der Waals surface area (Å²) in [5.41, 5.74) is 0. The van der Waals surface area contributed by atoms with Gasteiger partial charge in [-0.05, 0) is 12.1 Å². The minimum atomic E-state index is -0.572. The molecule has 3 heteroatoms. The molecule has 1 N–H and O–H groups in total. The summed E-state index contributed by atoms with van der Waals surface area (Å²) in [4.78, 5) is 3.82. The van der Waals surface area contributed by atoms with Crippen molar-refractivity contribution in [2.45, 2.75) is 0 Å². The van der Waals surface area contributed by atoms with Crippen molar-refractivity contribution in [3.63, 3.8) is 0 Å². The topological polar surface area (TPSA) is 24.9 Å². The number of nitrogens with zero attached hydrogens (tertiary/aromatic N) is 1. The number of hydrogen-bond donors (Lipinski definition) is 1. The molecule has 1 rings (SSSR count). The van der Waals surface area contributed by atoms with Gasteiger partial charge in [0, 0.05) is 6.20 Å². The lowest BCUT2D eigenvalue weighted by Crippen LogP contribution is -1.96. The third-order valence-electron chi connectivity index (χ3n) is 0.913. The van der Waals surface area contributed by atoms with Crippen LogP contribution in [-0.4, -0.2) is 11.8 Å². The van der Waals surface area contributed by atoms with E-state index in [4.69, 9.17) is 0 Å². The van der Waals surface area contributed by atoms with Gasteiger partial charge in [0.15, 0.2) is 6.80 Å². The van der Waals surface area contributed by atoms with E-state index in [9.17, 15) is 4.39 Å². The molecular weight excluding hydrogens is 119 g/mol. The molecule has 0 atom stereocenters.